The lowest BCUT2D eigenvalue weighted by molar-refractivity contribution is -0.474. The molecule has 6 rings (SSSR count). The second-order valence-electron chi connectivity index (χ2n) is 11.5. The number of pyridine rings is 1. The smallest absolute Gasteiger partial charge is 0.299 e. The second kappa shape index (κ2) is 13.8. The van der Waals surface area contributed by atoms with Crippen LogP contribution >= 0.6 is 0 Å². The molecule has 2 fully saturated rings. The van der Waals surface area contributed by atoms with Gasteiger partial charge in [-0.05, 0) is 65.7 Å². The molecular weight excluding hydrogens is 541 g/mol. The van der Waals surface area contributed by atoms with E-state index in [1.807, 2.05) is 27.0 Å². The van der Waals surface area contributed by atoms with Crippen molar-refractivity contribution in [1.82, 2.24) is 13.9 Å². The zero-order chi connectivity index (χ0) is 30.4. The Morgan fingerprint density at radius 3 is 2.31 bits per heavy atom. The van der Waals surface area contributed by atoms with E-state index in [-0.39, 0.29) is 5.52 Å². The number of aromatic nitrogens is 2. The van der Waals surface area contributed by atoms with Gasteiger partial charge in [0, 0.05) is 31.9 Å². The van der Waals surface area contributed by atoms with Crippen LogP contribution in [-0.4, -0.2) is 44.9 Å². The van der Waals surface area contributed by atoms with E-state index in [1.165, 1.54) is 36.1 Å². The van der Waals surface area contributed by atoms with E-state index in [1.54, 1.807) is 35.3 Å². The summed E-state index contributed by atoms with van der Waals surface area (Å²) in [7, 11) is 1.84. The molecule has 2 aliphatic heterocycles. The highest BCUT2D eigenvalue weighted by molar-refractivity contribution is 5.58. The van der Waals surface area contributed by atoms with Gasteiger partial charge in [-0.2, -0.15) is 13.2 Å². The predicted molar refractivity (Wildman–Crippen MR) is 160 cm³/mol. The van der Waals surface area contributed by atoms with Gasteiger partial charge in [0.1, 0.15) is 0 Å². The lowest BCUT2D eigenvalue weighted by atomic mass is 9.88. The number of hydrogen-bond donors (Lipinski definition) is 0. The molecule has 7 nitrogen and oxygen atoms in total. The fourth-order valence-corrected chi connectivity index (χ4v) is 5.51. The summed E-state index contributed by atoms with van der Waals surface area (Å²) in [4.78, 5) is 15.5. The quantitative estimate of drug-likeness (QED) is 0.295. The Bertz CT molecular complexity index is 1470. The molecule has 1 saturated heterocycles. The van der Waals surface area contributed by atoms with Gasteiger partial charge in [-0.1, -0.05) is 59.1 Å². The first-order valence-corrected chi connectivity index (χ1v) is 15.1. The van der Waals surface area contributed by atoms with Crippen LogP contribution in [0.5, 0.6) is 0 Å². The summed E-state index contributed by atoms with van der Waals surface area (Å²) in [5, 5.41) is 7.95. The molecule has 4 heterocycles. The number of rotatable bonds is 5. The molecule has 42 heavy (non-hydrogen) atoms. The Balaban J connectivity index is 0.000000516. The molecule has 0 spiro atoms. The van der Waals surface area contributed by atoms with E-state index in [2.05, 4.69) is 29.0 Å². The number of likely N-dealkylation sites (tertiary alicyclic amines) is 1. The van der Waals surface area contributed by atoms with Crippen molar-refractivity contribution in [3.8, 4) is 5.69 Å². The summed E-state index contributed by atoms with van der Waals surface area (Å²) in [6.07, 6.45) is 7.68. The maximum atomic E-state index is 14.0. The monoisotopic (exact) mass is 584 g/mol. The molecule has 1 radical (unpaired) electrons. The summed E-state index contributed by atoms with van der Waals surface area (Å²) in [6, 6.07) is 8.35. The summed E-state index contributed by atoms with van der Waals surface area (Å²) in [5.41, 5.74) is 0.364. The Hall–Kier alpha value is -3.27. The normalized spacial score (nSPS) is 19.5. The number of alkyl halides is 3. The van der Waals surface area contributed by atoms with Crippen molar-refractivity contribution in [1.29, 1.82) is 0 Å². The molecule has 3 aromatic rings. The maximum Gasteiger partial charge on any atom is 0.418 e. The Kier molecular flexibility index (Phi) is 10.4. The molecule has 1 atom stereocenters. The number of likely N-dealkylation sites (N-methyl/N-ethyl adjacent to an activating group) is 1. The molecule has 3 aliphatic rings. The average Bonchev–Trinajstić information content (AvgIpc) is 3.50. The van der Waals surface area contributed by atoms with Crippen LogP contribution in [-0.2, 0) is 19.1 Å². The van der Waals surface area contributed by atoms with Crippen LogP contribution in [0.1, 0.15) is 76.5 Å². The zero-order valence-electron chi connectivity index (χ0n) is 25.4. The number of imidazole rings is 1. The average molecular weight is 585 g/mol. The summed E-state index contributed by atoms with van der Waals surface area (Å²) in [6.45, 7) is 10.5. The summed E-state index contributed by atoms with van der Waals surface area (Å²) < 4.78 is 46.3. The second-order valence-corrected chi connectivity index (χ2v) is 11.5. The fourth-order valence-electron chi connectivity index (χ4n) is 5.51. The van der Waals surface area contributed by atoms with Gasteiger partial charge in [0.05, 0.1) is 28.9 Å². The number of hydrogen-bond acceptors (Lipinski definition) is 4. The fraction of sp³-hybridized carbons (Fsp3) is 0.531. The van der Waals surface area contributed by atoms with Crippen molar-refractivity contribution >= 4 is 11.9 Å². The van der Waals surface area contributed by atoms with Crippen LogP contribution in [0.15, 0.2) is 57.7 Å². The van der Waals surface area contributed by atoms with Crippen LogP contribution < -0.4 is 5.69 Å². The third-order valence-corrected chi connectivity index (χ3v) is 8.03. The molecule has 10 heteroatoms. The van der Waals surface area contributed by atoms with E-state index >= 15 is 0 Å². The molecule has 1 saturated carbocycles. The minimum atomic E-state index is -4.58. The molecule has 0 unspecified atom stereocenters. The molecule has 0 amide bonds. The summed E-state index contributed by atoms with van der Waals surface area (Å²) in [5.74, 6) is 1.57. The highest BCUT2D eigenvalue weighted by Gasteiger charge is 2.35. The Morgan fingerprint density at radius 2 is 1.71 bits per heavy atom. The zero-order valence-corrected chi connectivity index (χ0v) is 25.4. The SMILES string of the molecule is CC.CC1CCC1.C[C@H]1CCCN(Cc2cc(C(F)(F)F)c3cn(-c4cccc(C[C]5N=NC=[N+]5C)c4)c(=O)n3c2)C1. The van der Waals surface area contributed by atoms with Gasteiger partial charge >= 0.3 is 24.4 Å². The number of fused-ring (bicyclic) bond motifs is 1. The first-order chi connectivity index (χ1) is 20.1. The molecule has 1 aliphatic carbocycles. The first kappa shape index (κ1) is 31.7. The number of piperidine rings is 1. The van der Waals surface area contributed by atoms with E-state index in [0.29, 0.717) is 30.1 Å². The van der Waals surface area contributed by atoms with Crippen molar-refractivity contribution in [3.63, 3.8) is 0 Å². The predicted octanol–water partition coefficient (Wildman–Crippen LogP) is 7.34. The van der Waals surface area contributed by atoms with Gasteiger partial charge in [-0.15, -0.1) is 0 Å². The van der Waals surface area contributed by atoms with Crippen molar-refractivity contribution < 1.29 is 17.7 Å². The topological polar surface area (TPSA) is 57.4 Å². The standard InChI is InChI=1S/C25H27F3N6O.C5H10.C2H6/c1-17-5-4-8-32(12-17)13-19-10-21(25(26,27)28)22-15-33(24(35)34(22)14-19)20-7-3-6-18(9-20)11-23-30-29-16-31(23)2;1-5-3-2-4-5;1-2/h3,6-7,9-10,14-17H,4-5,8,11-13H2,1-2H3;5H,2-4H2,1H3;1-2H3/q+1;;/t17-;;/m0../s1. The molecule has 0 N–H and O–H groups in total. The molecule has 1 aromatic carbocycles. The van der Waals surface area contributed by atoms with Gasteiger partial charge in [-0.3, -0.25) is 13.9 Å². The van der Waals surface area contributed by atoms with Crippen molar-refractivity contribution in [3.05, 3.63) is 76.1 Å². The highest BCUT2D eigenvalue weighted by atomic mass is 19.4. The van der Waals surface area contributed by atoms with Gasteiger partial charge < -0.3 is 0 Å². The first-order valence-electron chi connectivity index (χ1n) is 15.1. The molecular formula is C32H43F3N6O+. The number of azo groups is 1. The van der Waals surface area contributed by atoms with E-state index in [9.17, 15) is 18.0 Å². The third-order valence-electron chi connectivity index (χ3n) is 8.03. The van der Waals surface area contributed by atoms with E-state index < -0.39 is 17.4 Å². The van der Waals surface area contributed by atoms with Crippen molar-refractivity contribution in [2.75, 3.05) is 20.1 Å². The van der Waals surface area contributed by atoms with Crippen LogP contribution in [0.2, 0.25) is 0 Å². The highest BCUT2D eigenvalue weighted by Crippen LogP contribution is 2.34. The van der Waals surface area contributed by atoms with Gasteiger partial charge in [0.15, 0.2) is 0 Å². The van der Waals surface area contributed by atoms with Crippen molar-refractivity contribution in [2.24, 2.45) is 22.1 Å². The van der Waals surface area contributed by atoms with Gasteiger partial charge in [0.2, 0.25) is 0 Å². The van der Waals surface area contributed by atoms with Crippen LogP contribution in [0, 0.1) is 18.0 Å². The number of halogens is 3. The Morgan fingerprint density at radius 1 is 1.00 bits per heavy atom. The largest absolute Gasteiger partial charge is 0.418 e. The van der Waals surface area contributed by atoms with Crippen LogP contribution in [0.3, 0.4) is 0 Å². The molecule has 227 valence electrons. The van der Waals surface area contributed by atoms with E-state index in [4.69, 9.17) is 0 Å². The summed E-state index contributed by atoms with van der Waals surface area (Å²) >= 11 is 0. The van der Waals surface area contributed by atoms with Gasteiger partial charge in [0.25, 0.3) is 0 Å². The van der Waals surface area contributed by atoms with E-state index in [0.717, 1.165) is 48.0 Å². The molecule has 2 aromatic heterocycles. The number of nitrogens with zero attached hydrogens (tertiary/aromatic N) is 6. The lowest BCUT2D eigenvalue weighted by Crippen LogP contribution is -2.34. The lowest BCUT2D eigenvalue weighted by Gasteiger charge is -2.31. The minimum Gasteiger partial charge on any atom is -0.299 e. The van der Waals surface area contributed by atoms with Crippen molar-refractivity contribution in [2.45, 2.75) is 78.9 Å². The third kappa shape index (κ3) is 7.56. The molecule has 0 bridgehead atoms. The van der Waals surface area contributed by atoms with Crippen LogP contribution in [0.4, 0.5) is 13.2 Å². The number of benzene rings is 1. The Labute approximate surface area is 246 Å². The van der Waals surface area contributed by atoms with Gasteiger partial charge in [-0.25, -0.2) is 9.37 Å². The van der Waals surface area contributed by atoms with Crippen LogP contribution in [0.25, 0.3) is 11.2 Å². The minimum absolute atomic E-state index is 0.156. The maximum absolute atomic E-state index is 14.0.